The third-order valence-corrected chi connectivity index (χ3v) is 5.30. The normalized spacial score (nSPS) is 21.4. The predicted molar refractivity (Wildman–Crippen MR) is 108 cm³/mol. The van der Waals surface area contributed by atoms with Gasteiger partial charge in [0.1, 0.15) is 5.82 Å². The van der Waals surface area contributed by atoms with Crippen LogP contribution < -0.4 is 4.72 Å². The number of hydrogen-bond acceptors (Lipinski definition) is 3. The zero-order valence-corrected chi connectivity index (χ0v) is 16.7. The van der Waals surface area contributed by atoms with Gasteiger partial charge in [0.2, 0.25) is 0 Å². The molecule has 0 saturated carbocycles. The third-order valence-electron chi connectivity index (χ3n) is 4.89. The van der Waals surface area contributed by atoms with Gasteiger partial charge in [-0.3, -0.25) is 19.0 Å². The first kappa shape index (κ1) is 20.4. The van der Waals surface area contributed by atoms with E-state index in [-0.39, 0.29) is 23.8 Å². The Morgan fingerprint density at radius 2 is 1.68 bits per heavy atom. The van der Waals surface area contributed by atoms with Gasteiger partial charge >= 0.3 is 0 Å². The molecule has 6 nitrogen and oxygen atoms in total. The van der Waals surface area contributed by atoms with Crippen molar-refractivity contribution in [3.63, 3.8) is 0 Å². The number of halogens is 1. The molecule has 2 N–H and O–H groups in total. The van der Waals surface area contributed by atoms with Crippen molar-refractivity contribution in [1.82, 2.24) is 9.80 Å². The quantitative estimate of drug-likeness (QED) is 0.750. The highest BCUT2D eigenvalue weighted by Gasteiger charge is 2.33. The molecule has 0 radical (unpaired) electrons. The van der Waals surface area contributed by atoms with E-state index in [1.807, 2.05) is 18.7 Å². The number of carbonyl (C=O) groups excluding carboxylic acids is 1. The Balaban J connectivity index is 1.65. The number of nitrogens with zero attached hydrogens (tertiary/aromatic N) is 2. The largest absolute Gasteiger partial charge is 0.331 e. The van der Waals surface area contributed by atoms with Gasteiger partial charge in [-0.2, -0.15) is 0 Å². The molecule has 8 heteroatoms. The Morgan fingerprint density at radius 1 is 1.11 bits per heavy atom. The van der Waals surface area contributed by atoms with Crippen LogP contribution in [0.25, 0.3) is 0 Å². The molecule has 2 aromatic carbocycles. The molecule has 1 aliphatic heterocycles. The summed E-state index contributed by atoms with van der Waals surface area (Å²) in [6.07, 6.45) is 0. The number of amides is 1. The first-order valence-corrected chi connectivity index (χ1v) is 10.2. The summed E-state index contributed by atoms with van der Waals surface area (Å²) in [6, 6.07) is 13.1. The van der Waals surface area contributed by atoms with Crippen molar-refractivity contribution < 1.29 is 17.9 Å². The molecule has 1 fully saturated rings. The van der Waals surface area contributed by atoms with Crippen LogP contribution in [0.5, 0.6) is 0 Å². The van der Waals surface area contributed by atoms with Gasteiger partial charge in [0, 0.05) is 43.0 Å². The van der Waals surface area contributed by atoms with Crippen LogP contribution in [0.3, 0.4) is 0 Å². The molecule has 1 heterocycles. The van der Waals surface area contributed by atoms with Crippen LogP contribution >= 0.6 is 0 Å². The van der Waals surface area contributed by atoms with E-state index in [4.69, 9.17) is 4.55 Å². The molecule has 3 rings (SSSR count). The number of hydrogen-bond donors (Lipinski definition) is 2. The van der Waals surface area contributed by atoms with E-state index in [1.165, 1.54) is 12.1 Å². The number of piperazine rings is 1. The molecule has 0 bridgehead atoms. The summed E-state index contributed by atoms with van der Waals surface area (Å²) in [5.74, 6) is -0.301. The SMILES string of the molecule is CC1CN(Cc2ccc(F)cc2)CC(C)N1C(=O)c1ccc(NS(=O)O)cc1. The molecule has 1 amide bonds. The first-order chi connectivity index (χ1) is 13.3. The molecule has 150 valence electrons. The average molecular weight is 405 g/mol. The lowest BCUT2D eigenvalue weighted by molar-refractivity contribution is 0.0268. The summed E-state index contributed by atoms with van der Waals surface area (Å²) in [5, 5.41) is 0. The van der Waals surface area contributed by atoms with Crippen molar-refractivity contribution in [2.45, 2.75) is 32.5 Å². The van der Waals surface area contributed by atoms with Crippen molar-refractivity contribution in [2.75, 3.05) is 17.8 Å². The minimum atomic E-state index is -2.14. The summed E-state index contributed by atoms with van der Waals surface area (Å²) in [6.45, 7) is 6.23. The van der Waals surface area contributed by atoms with Crippen LogP contribution in [-0.2, 0) is 17.8 Å². The smallest absolute Gasteiger partial charge is 0.259 e. The molecule has 0 aliphatic carbocycles. The highest BCUT2D eigenvalue weighted by molar-refractivity contribution is 7.80. The fraction of sp³-hybridized carbons (Fsp3) is 0.350. The highest BCUT2D eigenvalue weighted by atomic mass is 32.2. The average Bonchev–Trinajstić information content (AvgIpc) is 2.63. The summed E-state index contributed by atoms with van der Waals surface area (Å²) in [4.78, 5) is 17.1. The van der Waals surface area contributed by atoms with Crippen LogP contribution in [0.4, 0.5) is 10.1 Å². The van der Waals surface area contributed by atoms with Crippen LogP contribution in [0.1, 0.15) is 29.8 Å². The lowest BCUT2D eigenvalue weighted by atomic mass is 10.0. The first-order valence-electron chi connectivity index (χ1n) is 9.10. The topological polar surface area (TPSA) is 72.9 Å². The third kappa shape index (κ3) is 4.95. The number of rotatable bonds is 5. The van der Waals surface area contributed by atoms with E-state index < -0.39 is 11.3 Å². The Morgan fingerprint density at radius 3 is 2.21 bits per heavy atom. The van der Waals surface area contributed by atoms with Gasteiger partial charge in [0.15, 0.2) is 0 Å². The van der Waals surface area contributed by atoms with Crippen molar-refractivity contribution in [2.24, 2.45) is 0 Å². The van der Waals surface area contributed by atoms with Crippen LogP contribution in [-0.4, -0.2) is 49.6 Å². The van der Waals surface area contributed by atoms with E-state index in [9.17, 15) is 13.4 Å². The molecule has 0 aromatic heterocycles. The Hall–Kier alpha value is -2.29. The fourth-order valence-corrected chi connectivity index (χ4v) is 4.08. The zero-order valence-electron chi connectivity index (χ0n) is 15.8. The summed E-state index contributed by atoms with van der Waals surface area (Å²) >= 11 is -2.14. The van der Waals surface area contributed by atoms with Crippen LogP contribution in [0, 0.1) is 5.82 Å². The van der Waals surface area contributed by atoms with Crippen molar-refractivity contribution >= 4 is 22.9 Å². The minimum absolute atomic E-state index is 0.0273. The standard InChI is InChI=1S/C20H24FN3O3S/c1-14-11-23(13-16-3-7-18(21)8-4-16)12-15(2)24(14)20(25)17-5-9-19(10-6-17)22-28(26)27/h3-10,14-15,22H,11-13H2,1-2H3,(H,26,27). The van der Waals surface area contributed by atoms with E-state index >= 15 is 0 Å². The van der Waals surface area contributed by atoms with Crippen molar-refractivity contribution in [3.05, 3.63) is 65.5 Å². The van der Waals surface area contributed by atoms with E-state index in [0.717, 1.165) is 25.2 Å². The molecule has 28 heavy (non-hydrogen) atoms. The van der Waals surface area contributed by atoms with E-state index in [0.29, 0.717) is 11.3 Å². The maximum Gasteiger partial charge on any atom is 0.259 e. The van der Waals surface area contributed by atoms with Gasteiger partial charge in [-0.15, -0.1) is 0 Å². The van der Waals surface area contributed by atoms with Crippen LogP contribution in [0.2, 0.25) is 0 Å². The monoisotopic (exact) mass is 405 g/mol. The number of anilines is 1. The molecule has 3 unspecified atom stereocenters. The van der Waals surface area contributed by atoms with Gasteiger partial charge in [0.25, 0.3) is 17.2 Å². The number of carbonyl (C=O) groups is 1. The molecular weight excluding hydrogens is 381 g/mol. The fourth-order valence-electron chi connectivity index (χ4n) is 3.74. The van der Waals surface area contributed by atoms with Gasteiger partial charge < -0.3 is 4.90 Å². The van der Waals surface area contributed by atoms with E-state index in [1.54, 1.807) is 36.4 Å². The van der Waals surface area contributed by atoms with Crippen molar-refractivity contribution in [3.8, 4) is 0 Å². The number of benzene rings is 2. The second-order valence-corrected chi connectivity index (χ2v) is 7.86. The second kappa shape index (κ2) is 8.81. The zero-order chi connectivity index (χ0) is 20.3. The maximum absolute atomic E-state index is 13.1. The molecule has 2 aromatic rings. The molecule has 0 spiro atoms. The minimum Gasteiger partial charge on any atom is -0.331 e. The lowest BCUT2D eigenvalue weighted by Crippen LogP contribution is -2.58. The Kier molecular flexibility index (Phi) is 6.43. The van der Waals surface area contributed by atoms with Crippen molar-refractivity contribution in [1.29, 1.82) is 0 Å². The maximum atomic E-state index is 13.1. The number of nitrogens with one attached hydrogen (secondary N) is 1. The highest BCUT2D eigenvalue weighted by Crippen LogP contribution is 2.21. The van der Waals surface area contributed by atoms with Gasteiger partial charge in [-0.1, -0.05) is 12.1 Å². The van der Waals surface area contributed by atoms with E-state index in [2.05, 4.69) is 9.62 Å². The summed E-state index contributed by atoms with van der Waals surface area (Å²) in [7, 11) is 0. The predicted octanol–water partition coefficient (Wildman–Crippen LogP) is 3.11. The Bertz CT molecular complexity index is 833. The van der Waals surface area contributed by atoms with Gasteiger partial charge in [0.05, 0.1) is 0 Å². The molecule has 1 saturated heterocycles. The summed E-state index contributed by atoms with van der Waals surface area (Å²) in [5.41, 5.74) is 2.06. The molecule has 3 atom stereocenters. The Labute approximate surface area is 166 Å². The van der Waals surface area contributed by atoms with Gasteiger partial charge in [-0.25, -0.2) is 8.60 Å². The van der Waals surface area contributed by atoms with Crippen LogP contribution in [0.15, 0.2) is 48.5 Å². The molecular formula is C20H24FN3O3S. The summed E-state index contributed by atoms with van der Waals surface area (Å²) < 4.78 is 35.1. The second-order valence-electron chi connectivity index (χ2n) is 7.16. The van der Waals surface area contributed by atoms with Gasteiger partial charge in [-0.05, 0) is 55.8 Å². The molecule has 1 aliphatic rings. The lowest BCUT2D eigenvalue weighted by Gasteiger charge is -2.44.